The summed E-state index contributed by atoms with van der Waals surface area (Å²) in [6, 6.07) is 0. The normalized spacial score (nSPS) is 12.2. The maximum atomic E-state index is 10.3. The van der Waals surface area contributed by atoms with Crippen LogP contribution in [0, 0.1) is 0 Å². The van der Waals surface area contributed by atoms with Crippen LogP contribution in [0.3, 0.4) is 0 Å². The largest absolute Gasteiger partial charge is 0.460 e. The van der Waals surface area contributed by atoms with E-state index in [2.05, 4.69) is 11.3 Å². The molecule has 0 spiro atoms. The van der Waals surface area contributed by atoms with E-state index in [1.807, 2.05) is 0 Å². The molecule has 0 rings (SSSR count). The molecule has 3 heteroatoms. The minimum absolute atomic E-state index is 0.0326. The Morgan fingerprint density at radius 1 is 2.00 bits per heavy atom. The van der Waals surface area contributed by atoms with Gasteiger partial charge in [0.2, 0.25) is 0 Å². The van der Waals surface area contributed by atoms with E-state index in [4.69, 9.17) is 5.11 Å². The predicted octanol–water partition coefficient (Wildman–Crippen LogP) is 0.0964. The van der Waals surface area contributed by atoms with Crippen molar-refractivity contribution in [3.8, 4) is 0 Å². The average molecular weight is 130 g/mol. The Morgan fingerprint density at radius 2 is 2.56 bits per heavy atom. The number of esters is 1. The Hall–Kier alpha value is -0.830. The van der Waals surface area contributed by atoms with Crippen LogP contribution in [0.2, 0.25) is 0 Å². The van der Waals surface area contributed by atoms with Gasteiger partial charge in [-0.1, -0.05) is 6.58 Å². The second kappa shape index (κ2) is 4.09. The maximum absolute atomic E-state index is 10.3. The molecule has 0 aliphatic heterocycles. The van der Waals surface area contributed by atoms with Crippen molar-refractivity contribution in [1.29, 1.82) is 0 Å². The second-order valence-electron chi connectivity index (χ2n) is 1.68. The zero-order chi connectivity index (χ0) is 7.28. The summed E-state index contributed by atoms with van der Waals surface area (Å²) in [4.78, 5) is 10.3. The number of aliphatic hydroxyl groups excluding tert-OH is 1. The molecule has 0 aliphatic rings. The van der Waals surface area contributed by atoms with Crippen LogP contribution >= 0.6 is 0 Å². The van der Waals surface area contributed by atoms with Crippen LogP contribution in [-0.2, 0) is 9.53 Å². The van der Waals surface area contributed by atoms with Crippen molar-refractivity contribution in [1.82, 2.24) is 0 Å². The Labute approximate surface area is 53.9 Å². The number of carbonyl (C=O) groups is 1. The van der Waals surface area contributed by atoms with Crippen molar-refractivity contribution in [2.75, 3.05) is 6.61 Å². The van der Waals surface area contributed by atoms with Crippen molar-refractivity contribution in [3.63, 3.8) is 0 Å². The van der Waals surface area contributed by atoms with Crippen LogP contribution in [0.15, 0.2) is 12.7 Å². The van der Waals surface area contributed by atoms with Gasteiger partial charge in [0.25, 0.3) is 0 Å². The van der Waals surface area contributed by atoms with Crippen LogP contribution in [0.1, 0.15) is 6.92 Å². The number of carbonyl (C=O) groups excluding carboxylic acids is 1. The summed E-state index contributed by atoms with van der Waals surface area (Å²) in [7, 11) is 0. The smallest absolute Gasteiger partial charge is 0.330 e. The lowest BCUT2D eigenvalue weighted by Crippen LogP contribution is -2.13. The lowest BCUT2D eigenvalue weighted by molar-refractivity contribution is -0.140. The molecule has 0 bridgehead atoms. The van der Waals surface area contributed by atoms with E-state index < -0.39 is 12.1 Å². The Kier molecular flexibility index (Phi) is 3.71. The van der Waals surface area contributed by atoms with Gasteiger partial charge >= 0.3 is 5.97 Å². The van der Waals surface area contributed by atoms with Crippen molar-refractivity contribution in [2.24, 2.45) is 0 Å². The highest BCUT2D eigenvalue weighted by Crippen LogP contribution is 1.83. The standard InChI is InChI=1S/C6H10O3/c1-3-6(8)9-4-5(2)7/h3,5,7H,1,4H2,2H3/t5-/m1/s1. The maximum Gasteiger partial charge on any atom is 0.330 e. The summed E-state index contributed by atoms with van der Waals surface area (Å²) in [5.74, 6) is -0.504. The van der Waals surface area contributed by atoms with Crippen LogP contribution in [-0.4, -0.2) is 23.8 Å². The lowest BCUT2D eigenvalue weighted by Gasteiger charge is -2.02. The van der Waals surface area contributed by atoms with Crippen molar-refractivity contribution >= 4 is 5.97 Å². The Morgan fingerprint density at radius 3 is 2.89 bits per heavy atom. The average Bonchev–Trinajstić information content (AvgIpc) is 1.83. The van der Waals surface area contributed by atoms with Crippen LogP contribution < -0.4 is 0 Å². The first-order chi connectivity index (χ1) is 4.16. The molecule has 0 unspecified atom stereocenters. The molecule has 1 N–H and O–H groups in total. The number of hydrogen-bond acceptors (Lipinski definition) is 3. The molecule has 0 saturated heterocycles. The first kappa shape index (κ1) is 8.17. The first-order valence-electron chi connectivity index (χ1n) is 2.64. The Balaban J connectivity index is 3.27. The number of hydrogen-bond donors (Lipinski definition) is 1. The van der Waals surface area contributed by atoms with Gasteiger partial charge in [0.15, 0.2) is 0 Å². The third kappa shape index (κ3) is 5.03. The summed E-state index contributed by atoms with van der Waals surface area (Å²) >= 11 is 0. The van der Waals surface area contributed by atoms with Gasteiger partial charge in [-0.25, -0.2) is 4.79 Å². The molecular weight excluding hydrogens is 120 g/mol. The topological polar surface area (TPSA) is 46.5 Å². The van der Waals surface area contributed by atoms with Gasteiger partial charge in [0, 0.05) is 6.08 Å². The van der Waals surface area contributed by atoms with Crippen LogP contribution in [0.4, 0.5) is 0 Å². The first-order valence-corrected chi connectivity index (χ1v) is 2.64. The Bertz CT molecular complexity index is 107. The van der Waals surface area contributed by atoms with Gasteiger partial charge in [-0.3, -0.25) is 0 Å². The molecule has 0 saturated carbocycles. The van der Waals surface area contributed by atoms with Gasteiger partial charge < -0.3 is 9.84 Å². The van der Waals surface area contributed by atoms with E-state index >= 15 is 0 Å². The van der Waals surface area contributed by atoms with Gasteiger partial charge in [0.1, 0.15) is 6.61 Å². The molecule has 52 valence electrons. The third-order valence-electron chi connectivity index (χ3n) is 0.633. The summed E-state index contributed by atoms with van der Waals surface area (Å²) in [5.41, 5.74) is 0. The summed E-state index contributed by atoms with van der Waals surface area (Å²) in [6.07, 6.45) is 0.455. The van der Waals surface area contributed by atoms with E-state index in [0.29, 0.717) is 0 Å². The number of ether oxygens (including phenoxy) is 1. The quantitative estimate of drug-likeness (QED) is 0.435. The van der Waals surface area contributed by atoms with Gasteiger partial charge in [-0.05, 0) is 6.92 Å². The lowest BCUT2D eigenvalue weighted by atomic mass is 10.4. The number of aliphatic hydroxyl groups is 1. The molecule has 0 aliphatic carbocycles. The van der Waals surface area contributed by atoms with Gasteiger partial charge in [-0.15, -0.1) is 0 Å². The van der Waals surface area contributed by atoms with Crippen molar-refractivity contribution in [2.45, 2.75) is 13.0 Å². The molecule has 0 heterocycles. The van der Waals surface area contributed by atoms with E-state index in [1.54, 1.807) is 0 Å². The highest BCUT2D eigenvalue weighted by Gasteiger charge is 1.97. The molecule has 9 heavy (non-hydrogen) atoms. The third-order valence-corrected chi connectivity index (χ3v) is 0.633. The molecule has 0 radical (unpaired) electrons. The molecule has 0 aromatic carbocycles. The summed E-state index contributed by atoms with van der Waals surface area (Å²) < 4.78 is 4.45. The fraction of sp³-hybridized carbons (Fsp3) is 0.500. The number of rotatable bonds is 3. The molecule has 0 aromatic rings. The molecular formula is C6H10O3. The highest BCUT2D eigenvalue weighted by molar-refractivity contribution is 5.81. The van der Waals surface area contributed by atoms with Crippen LogP contribution in [0.5, 0.6) is 0 Å². The molecule has 0 fully saturated rings. The monoisotopic (exact) mass is 130 g/mol. The van der Waals surface area contributed by atoms with E-state index in [0.717, 1.165) is 6.08 Å². The van der Waals surface area contributed by atoms with E-state index in [1.165, 1.54) is 6.92 Å². The predicted molar refractivity (Wildman–Crippen MR) is 32.8 cm³/mol. The minimum Gasteiger partial charge on any atom is -0.460 e. The minimum atomic E-state index is -0.603. The van der Waals surface area contributed by atoms with E-state index in [9.17, 15) is 4.79 Å². The van der Waals surface area contributed by atoms with Gasteiger partial charge in [-0.2, -0.15) is 0 Å². The van der Waals surface area contributed by atoms with Crippen LogP contribution in [0.25, 0.3) is 0 Å². The van der Waals surface area contributed by atoms with Gasteiger partial charge in [0.05, 0.1) is 6.10 Å². The second-order valence-corrected chi connectivity index (χ2v) is 1.68. The van der Waals surface area contributed by atoms with Crippen molar-refractivity contribution < 1.29 is 14.6 Å². The molecule has 0 aromatic heterocycles. The van der Waals surface area contributed by atoms with E-state index in [-0.39, 0.29) is 6.61 Å². The summed E-state index contributed by atoms with van der Waals surface area (Å²) in [5, 5.41) is 8.59. The molecule has 0 amide bonds. The fourth-order valence-corrected chi connectivity index (χ4v) is 0.262. The van der Waals surface area contributed by atoms with Crippen molar-refractivity contribution in [3.05, 3.63) is 12.7 Å². The zero-order valence-electron chi connectivity index (χ0n) is 5.33. The molecule has 3 nitrogen and oxygen atoms in total. The highest BCUT2D eigenvalue weighted by atomic mass is 16.5. The molecule has 1 atom stereocenters. The SMILES string of the molecule is C=CC(=O)OC[C@@H](C)O. The fourth-order valence-electron chi connectivity index (χ4n) is 0.262. The summed E-state index contributed by atoms with van der Waals surface area (Å²) in [6.45, 7) is 4.75. The zero-order valence-corrected chi connectivity index (χ0v) is 5.33.